The van der Waals surface area contributed by atoms with Crippen LogP contribution in [-0.4, -0.2) is 33.0 Å². The third-order valence-corrected chi connectivity index (χ3v) is 3.98. The SMILES string of the molecule is CCCC(=O)NC(NC(=O)N(S)c1ccccc1C(=O)O)C(Cl)(Cl)Cl. The second-order valence-electron chi connectivity index (χ2n) is 4.88. The Morgan fingerprint density at radius 2 is 1.84 bits per heavy atom. The molecule has 0 saturated carbocycles. The van der Waals surface area contributed by atoms with Crippen LogP contribution in [0.25, 0.3) is 0 Å². The highest BCUT2D eigenvalue weighted by Gasteiger charge is 2.36. The molecule has 0 aliphatic carbocycles. The second-order valence-corrected chi connectivity index (χ2v) is 7.64. The van der Waals surface area contributed by atoms with Gasteiger partial charge < -0.3 is 15.7 Å². The lowest BCUT2D eigenvalue weighted by Gasteiger charge is -2.28. The Labute approximate surface area is 165 Å². The lowest BCUT2D eigenvalue weighted by molar-refractivity contribution is -0.121. The Hall–Kier alpha value is -1.35. The summed E-state index contributed by atoms with van der Waals surface area (Å²) in [4.78, 5) is 35.3. The van der Waals surface area contributed by atoms with Crippen molar-refractivity contribution < 1.29 is 19.5 Å². The van der Waals surface area contributed by atoms with Crippen LogP contribution in [0.4, 0.5) is 10.5 Å². The maximum absolute atomic E-state index is 12.3. The molecular formula is C14H16Cl3N3O4S. The quantitative estimate of drug-likeness (QED) is 0.317. The summed E-state index contributed by atoms with van der Waals surface area (Å²) in [6, 6.07) is 4.85. The van der Waals surface area contributed by atoms with E-state index in [1.165, 1.54) is 24.3 Å². The predicted molar refractivity (Wildman–Crippen MR) is 101 cm³/mol. The van der Waals surface area contributed by atoms with E-state index in [0.29, 0.717) is 6.42 Å². The predicted octanol–water partition coefficient (Wildman–Crippen LogP) is 3.36. The Kier molecular flexibility index (Phi) is 8.14. The van der Waals surface area contributed by atoms with E-state index in [9.17, 15) is 19.5 Å². The summed E-state index contributed by atoms with van der Waals surface area (Å²) in [5.41, 5.74) is -0.133. The molecule has 1 aromatic carbocycles. The number of benzene rings is 1. The number of halogens is 3. The average molecular weight is 429 g/mol. The summed E-state index contributed by atoms with van der Waals surface area (Å²) in [6.07, 6.45) is -0.591. The molecule has 3 N–H and O–H groups in total. The standard InChI is InChI=1S/C14H16Cl3N3O4S/c1-2-5-10(21)18-12(14(15,16)17)19-13(24)20(25)9-7-4-3-6-8(9)11(22)23/h3-4,6-7,12,25H,2,5H2,1H3,(H,18,21)(H,19,24)(H,22,23). The molecule has 7 nitrogen and oxygen atoms in total. The first kappa shape index (κ1) is 21.7. The van der Waals surface area contributed by atoms with E-state index in [1.807, 2.05) is 0 Å². The van der Waals surface area contributed by atoms with Crippen molar-refractivity contribution in [3.63, 3.8) is 0 Å². The Balaban J connectivity index is 2.97. The first-order chi connectivity index (χ1) is 11.6. The Morgan fingerprint density at radius 1 is 1.24 bits per heavy atom. The molecular weight excluding hydrogens is 413 g/mol. The molecule has 0 aromatic heterocycles. The van der Waals surface area contributed by atoms with Crippen molar-refractivity contribution in [2.24, 2.45) is 0 Å². The number of amides is 3. The maximum atomic E-state index is 12.3. The largest absolute Gasteiger partial charge is 0.478 e. The van der Waals surface area contributed by atoms with Gasteiger partial charge in [0.1, 0.15) is 0 Å². The number of thiol groups is 1. The summed E-state index contributed by atoms with van der Waals surface area (Å²) in [6.45, 7) is 1.79. The van der Waals surface area contributed by atoms with Crippen LogP contribution in [0.3, 0.4) is 0 Å². The van der Waals surface area contributed by atoms with Gasteiger partial charge in [-0.25, -0.2) is 13.9 Å². The van der Waals surface area contributed by atoms with Gasteiger partial charge in [-0.15, -0.1) is 0 Å². The average Bonchev–Trinajstić information content (AvgIpc) is 2.52. The van der Waals surface area contributed by atoms with Gasteiger partial charge in [0.15, 0.2) is 6.17 Å². The highest BCUT2D eigenvalue weighted by atomic mass is 35.6. The molecule has 1 rings (SSSR count). The molecule has 1 unspecified atom stereocenters. The maximum Gasteiger partial charge on any atom is 0.337 e. The molecule has 11 heteroatoms. The van der Waals surface area contributed by atoms with E-state index in [-0.39, 0.29) is 17.7 Å². The number of alkyl halides is 3. The van der Waals surface area contributed by atoms with Gasteiger partial charge in [0.25, 0.3) is 0 Å². The molecule has 3 amide bonds. The fraction of sp³-hybridized carbons (Fsp3) is 0.357. The zero-order valence-electron chi connectivity index (χ0n) is 13.0. The molecule has 25 heavy (non-hydrogen) atoms. The molecule has 1 aromatic rings. The number of rotatable bonds is 6. The number of carboxylic acid groups (broad SMARTS) is 1. The highest BCUT2D eigenvalue weighted by Crippen LogP contribution is 2.30. The fourth-order valence-corrected chi connectivity index (χ4v) is 2.35. The molecule has 0 bridgehead atoms. The lowest BCUT2D eigenvalue weighted by atomic mass is 10.2. The molecule has 0 heterocycles. The summed E-state index contributed by atoms with van der Waals surface area (Å²) in [5.74, 6) is -1.66. The summed E-state index contributed by atoms with van der Waals surface area (Å²) in [7, 11) is 0. The van der Waals surface area contributed by atoms with Gasteiger partial charge in [-0.05, 0) is 18.6 Å². The zero-order valence-corrected chi connectivity index (χ0v) is 16.2. The van der Waals surface area contributed by atoms with Crippen molar-refractivity contribution in [1.82, 2.24) is 10.6 Å². The van der Waals surface area contributed by atoms with Crippen LogP contribution in [0.15, 0.2) is 24.3 Å². The van der Waals surface area contributed by atoms with Crippen molar-refractivity contribution in [3.05, 3.63) is 29.8 Å². The van der Waals surface area contributed by atoms with Crippen molar-refractivity contribution in [1.29, 1.82) is 0 Å². The van der Waals surface area contributed by atoms with Crippen LogP contribution in [-0.2, 0) is 4.79 Å². The highest BCUT2D eigenvalue weighted by molar-refractivity contribution is 7.82. The number of aromatic carboxylic acids is 1. The number of carboxylic acids is 1. The van der Waals surface area contributed by atoms with Gasteiger partial charge >= 0.3 is 12.0 Å². The number of nitrogens with zero attached hydrogens (tertiary/aromatic N) is 1. The smallest absolute Gasteiger partial charge is 0.337 e. The van der Waals surface area contributed by atoms with E-state index in [1.54, 1.807) is 6.92 Å². The monoisotopic (exact) mass is 427 g/mol. The molecule has 138 valence electrons. The molecule has 0 radical (unpaired) electrons. The molecule has 0 saturated heterocycles. The summed E-state index contributed by atoms with van der Waals surface area (Å²) < 4.78 is -1.28. The van der Waals surface area contributed by atoms with Crippen LogP contribution in [0.2, 0.25) is 0 Å². The molecule has 0 fully saturated rings. The van der Waals surface area contributed by atoms with E-state index in [4.69, 9.17) is 34.8 Å². The second kappa shape index (κ2) is 9.38. The van der Waals surface area contributed by atoms with E-state index >= 15 is 0 Å². The number of anilines is 1. The van der Waals surface area contributed by atoms with Gasteiger partial charge in [0.05, 0.1) is 11.3 Å². The van der Waals surface area contributed by atoms with E-state index < -0.39 is 27.9 Å². The van der Waals surface area contributed by atoms with Crippen LogP contribution < -0.4 is 14.9 Å². The van der Waals surface area contributed by atoms with Crippen LogP contribution >= 0.6 is 47.6 Å². The molecule has 1 atom stereocenters. The van der Waals surface area contributed by atoms with Crippen LogP contribution in [0.1, 0.15) is 30.1 Å². The Bertz CT molecular complexity index is 654. The van der Waals surface area contributed by atoms with Crippen molar-refractivity contribution in [2.45, 2.75) is 29.7 Å². The molecule has 0 aliphatic heterocycles. The fourth-order valence-electron chi connectivity index (χ4n) is 1.79. The van der Waals surface area contributed by atoms with Crippen molar-refractivity contribution in [2.75, 3.05) is 4.31 Å². The minimum atomic E-state index is -2.03. The van der Waals surface area contributed by atoms with Gasteiger partial charge in [0.2, 0.25) is 9.70 Å². The summed E-state index contributed by atoms with van der Waals surface area (Å²) in [5, 5.41) is 13.9. The van der Waals surface area contributed by atoms with Gasteiger partial charge in [-0.2, -0.15) is 0 Å². The number of carbonyl (C=O) groups excluding carboxylic acids is 2. The van der Waals surface area contributed by atoms with Gasteiger partial charge in [-0.3, -0.25) is 4.79 Å². The lowest BCUT2D eigenvalue weighted by Crippen LogP contribution is -2.57. The van der Waals surface area contributed by atoms with Crippen molar-refractivity contribution in [3.8, 4) is 0 Å². The normalized spacial score (nSPS) is 12.2. The van der Waals surface area contributed by atoms with E-state index in [2.05, 4.69) is 23.4 Å². The van der Waals surface area contributed by atoms with Gasteiger partial charge in [0, 0.05) is 6.42 Å². The number of hydrogen-bond donors (Lipinski definition) is 4. The van der Waals surface area contributed by atoms with E-state index in [0.717, 1.165) is 4.31 Å². The van der Waals surface area contributed by atoms with Crippen LogP contribution in [0, 0.1) is 0 Å². The number of nitrogens with one attached hydrogen (secondary N) is 2. The topological polar surface area (TPSA) is 98.7 Å². The first-order valence-corrected chi connectivity index (χ1v) is 8.59. The summed E-state index contributed by atoms with van der Waals surface area (Å²) >= 11 is 21.3. The van der Waals surface area contributed by atoms with Crippen molar-refractivity contribution >= 4 is 71.2 Å². The Morgan fingerprint density at radius 3 is 2.36 bits per heavy atom. The third kappa shape index (κ3) is 6.47. The minimum absolute atomic E-state index is 0.0128. The first-order valence-electron chi connectivity index (χ1n) is 7.05. The van der Waals surface area contributed by atoms with Crippen LogP contribution in [0.5, 0.6) is 0 Å². The number of para-hydroxylation sites is 1. The number of carbonyl (C=O) groups is 3. The zero-order chi connectivity index (χ0) is 19.2. The van der Waals surface area contributed by atoms with Gasteiger partial charge in [-0.1, -0.05) is 66.7 Å². The minimum Gasteiger partial charge on any atom is -0.478 e. The third-order valence-electron chi connectivity index (χ3n) is 2.93. The number of hydrogen-bond acceptors (Lipinski definition) is 4. The molecule has 0 spiro atoms. The molecule has 0 aliphatic rings. The number of urea groups is 1.